The van der Waals surface area contributed by atoms with Crippen molar-refractivity contribution in [2.75, 3.05) is 19.6 Å². The van der Waals surface area contributed by atoms with Crippen molar-refractivity contribution in [2.24, 2.45) is 11.8 Å². The van der Waals surface area contributed by atoms with Crippen LogP contribution in [0.25, 0.3) is 0 Å². The average molecular weight is 358 g/mol. The number of amides is 1. The van der Waals surface area contributed by atoms with E-state index in [4.69, 9.17) is 0 Å². The maximum Gasteiger partial charge on any atom is 0.423 e. The predicted octanol–water partition coefficient (Wildman–Crippen LogP) is 2.58. The number of hydrogen-bond acceptors (Lipinski definition) is 3. The first-order valence-electron chi connectivity index (χ1n) is 8.56. The number of carbonyl (C=O) groups excluding carboxylic acids is 1. The van der Waals surface area contributed by atoms with Crippen LogP contribution in [0.4, 0.5) is 13.2 Å². The quantitative estimate of drug-likeness (QED) is 0.733. The van der Waals surface area contributed by atoms with Gasteiger partial charge in [-0.15, -0.1) is 0 Å². The first-order valence-corrected chi connectivity index (χ1v) is 8.56. The summed E-state index contributed by atoms with van der Waals surface area (Å²) in [6.45, 7) is 2.86. The van der Waals surface area contributed by atoms with Crippen molar-refractivity contribution in [3.05, 3.63) is 35.9 Å². The Morgan fingerprint density at radius 1 is 1.28 bits per heavy atom. The summed E-state index contributed by atoms with van der Waals surface area (Å²) < 4.78 is 40.2. The molecule has 0 spiro atoms. The molecule has 1 amide bonds. The van der Waals surface area contributed by atoms with Gasteiger partial charge in [-0.2, -0.15) is 13.2 Å². The lowest BCUT2D eigenvalue weighted by Crippen LogP contribution is -2.51. The monoisotopic (exact) mass is 358 g/mol. The zero-order chi connectivity index (χ0) is 18.5. The number of rotatable bonds is 6. The molecule has 0 aromatic heterocycles. The van der Waals surface area contributed by atoms with Crippen molar-refractivity contribution in [1.29, 1.82) is 0 Å². The maximum atomic E-state index is 13.4. The number of piperidine rings is 1. The van der Waals surface area contributed by atoms with E-state index in [9.17, 15) is 23.1 Å². The molecule has 0 aliphatic carbocycles. The van der Waals surface area contributed by atoms with Crippen molar-refractivity contribution in [3.8, 4) is 0 Å². The lowest BCUT2D eigenvalue weighted by atomic mass is 9.84. The average Bonchev–Trinajstić information content (AvgIpc) is 2.60. The number of benzene rings is 1. The third kappa shape index (κ3) is 4.95. The van der Waals surface area contributed by atoms with E-state index in [0.717, 1.165) is 25.9 Å². The zero-order valence-electron chi connectivity index (χ0n) is 14.3. The predicted molar refractivity (Wildman–Crippen MR) is 88.8 cm³/mol. The van der Waals surface area contributed by atoms with E-state index in [0.29, 0.717) is 5.92 Å². The van der Waals surface area contributed by atoms with E-state index in [-0.39, 0.29) is 17.9 Å². The molecule has 25 heavy (non-hydrogen) atoms. The fraction of sp³-hybridized carbons (Fsp3) is 0.611. The summed E-state index contributed by atoms with van der Waals surface area (Å²) in [5, 5.41) is 15.7. The second kappa shape index (κ2) is 8.19. The molecule has 1 aliphatic rings. The molecule has 1 heterocycles. The van der Waals surface area contributed by atoms with Gasteiger partial charge in [0, 0.05) is 6.42 Å². The number of halogens is 3. The Morgan fingerprint density at radius 2 is 1.88 bits per heavy atom. The third-order valence-electron chi connectivity index (χ3n) is 4.96. The zero-order valence-corrected chi connectivity index (χ0v) is 14.3. The summed E-state index contributed by atoms with van der Waals surface area (Å²) in [5.74, 6) is 0.0186. The topological polar surface area (TPSA) is 61.4 Å². The normalized spacial score (nSPS) is 19.9. The SMILES string of the molecule is CC(CC(=O)NCC(O)(c1ccccc1)C(F)(F)F)C1CCNCC1. The Hall–Kier alpha value is -1.60. The van der Waals surface area contributed by atoms with Crippen LogP contribution in [0.15, 0.2) is 30.3 Å². The lowest BCUT2D eigenvalue weighted by Gasteiger charge is -2.32. The Labute approximate surface area is 145 Å². The van der Waals surface area contributed by atoms with Gasteiger partial charge in [0.15, 0.2) is 0 Å². The summed E-state index contributed by atoms with van der Waals surface area (Å²) in [6, 6.07) is 6.83. The minimum absolute atomic E-state index is 0.0952. The van der Waals surface area contributed by atoms with Gasteiger partial charge in [0.25, 0.3) is 0 Å². The van der Waals surface area contributed by atoms with E-state index >= 15 is 0 Å². The van der Waals surface area contributed by atoms with E-state index in [1.165, 1.54) is 24.3 Å². The number of carbonyl (C=O) groups is 1. The van der Waals surface area contributed by atoms with Crippen LogP contribution in [-0.2, 0) is 10.4 Å². The highest BCUT2D eigenvalue weighted by atomic mass is 19.4. The summed E-state index contributed by atoms with van der Waals surface area (Å²) in [7, 11) is 0. The molecule has 2 unspecified atom stereocenters. The van der Waals surface area contributed by atoms with Gasteiger partial charge < -0.3 is 15.7 Å². The van der Waals surface area contributed by atoms with E-state index in [1.807, 2.05) is 6.92 Å². The molecule has 2 rings (SSSR count). The molecular weight excluding hydrogens is 333 g/mol. The van der Waals surface area contributed by atoms with Crippen LogP contribution in [0.2, 0.25) is 0 Å². The van der Waals surface area contributed by atoms with Crippen LogP contribution in [0, 0.1) is 11.8 Å². The highest BCUT2D eigenvalue weighted by Crippen LogP contribution is 2.38. The van der Waals surface area contributed by atoms with Gasteiger partial charge in [-0.3, -0.25) is 4.79 Å². The van der Waals surface area contributed by atoms with Crippen LogP contribution in [0.3, 0.4) is 0 Å². The minimum atomic E-state index is -4.89. The first kappa shape index (κ1) is 19.7. The van der Waals surface area contributed by atoms with E-state index in [1.54, 1.807) is 6.07 Å². The molecule has 1 aromatic carbocycles. The molecule has 1 saturated heterocycles. The molecule has 1 aliphatic heterocycles. The second-order valence-electron chi connectivity index (χ2n) is 6.77. The Kier molecular flexibility index (Phi) is 6.46. The Morgan fingerprint density at radius 3 is 2.44 bits per heavy atom. The van der Waals surface area contributed by atoms with Crippen molar-refractivity contribution in [1.82, 2.24) is 10.6 Å². The molecule has 0 bridgehead atoms. The molecule has 3 N–H and O–H groups in total. The van der Waals surface area contributed by atoms with Crippen LogP contribution >= 0.6 is 0 Å². The molecule has 7 heteroatoms. The number of nitrogens with one attached hydrogen (secondary N) is 2. The molecule has 1 aromatic rings. The second-order valence-corrected chi connectivity index (χ2v) is 6.77. The first-order chi connectivity index (χ1) is 11.7. The lowest BCUT2D eigenvalue weighted by molar-refractivity contribution is -0.264. The summed E-state index contributed by atoms with van der Waals surface area (Å²) in [5.41, 5.74) is -3.38. The van der Waals surface area contributed by atoms with Crippen LogP contribution in [0.5, 0.6) is 0 Å². The van der Waals surface area contributed by atoms with Gasteiger partial charge in [0.2, 0.25) is 11.5 Å². The minimum Gasteiger partial charge on any atom is -0.375 e. The summed E-state index contributed by atoms with van der Waals surface area (Å²) >= 11 is 0. The van der Waals surface area contributed by atoms with E-state index < -0.39 is 24.2 Å². The van der Waals surface area contributed by atoms with Crippen molar-refractivity contribution < 1.29 is 23.1 Å². The third-order valence-corrected chi connectivity index (χ3v) is 4.96. The summed E-state index contributed by atoms with van der Waals surface area (Å²) in [4.78, 5) is 12.1. The van der Waals surface area contributed by atoms with Crippen LogP contribution < -0.4 is 10.6 Å². The van der Waals surface area contributed by atoms with Gasteiger partial charge in [0.05, 0.1) is 6.54 Å². The van der Waals surface area contributed by atoms with Crippen molar-refractivity contribution >= 4 is 5.91 Å². The standard InChI is InChI=1S/C18H25F3N2O2/c1-13(14-7-9-22-10-8-14)11-16(24)23-12-17(25,18(19,20)21)15-5-3-2-4-6-15/h2-6,13-14,22,25H,7-12H2,1H3,(H,23,24). The largest absolute Gasteiger partial charge is 0.423 e. The van der Waals surface area contributed by atoms with Gasteiger partial charge >= 0.3 is 6.18 Å². The molecule has 4 nitrogen and oxygen atoms in total. The van der Waals surface area contributed by atoms with Crippen molar-refractivity contribution in [2.45, 2.75) is 38.0 Å². The Balaban J connectivity index is 1.97. The van der Waals surface area contributed by atoms with Gasteiger partial charge in [-0.05, 0) is 43.3 Å². The Bertz CT molecular complexity index is 559. The number of hydrogen-bond donors (Lipinski definition) is 3. The van der Waals surface area contributed by atoms with Crippen LogP contribution in [-0.4, -0.2) is 36.8 Å². The molecule has 1 fully saturated rings. The fourth-order valence-electron chi connectivity index (χ4n) is 3.25. The smallest absolute Gasteiger partial charge is 0.375 e. The van der Waals surface area contributed by atoms with Crippen molar-refractivity contribution in [3.63, 3.8) is 0 Å². The highest BCUT2D eigenvalue weighted by Gasteiger charge is 2.55. The summed E-state index contributed by atoms with van der Waals surface area (Å²) in [6.07, 6.45) is -2.80. The molecule has 140 valence electrons. The fourth-order valence-corrected chi connectivity index (χ4v) is 3.25. The molecule has 2 atom stereocenters. The van der Waals surface area contributed by atoms with E-state index in [2.05, 4.69) is 10.6 Å². The number of alkyl halides is 3. The van der Waals surface area contributed by atoms with Gasteiger partial charge in [0.1, 0.15) is 0 Å². The maximum absolute atomic E-state index is 13.4. The van der Waals surface area contributed by atoms with Gasteiger partial charge in [-0.1, -0.05) is 37.3 Å². The molecule has 0 radical (unpaired) electrons. The molecular formula is C18H25F3N2O2. The molecule has 0 saturated carbocycles. The highest BCUT2D eigenvalue weighted by molar-refractivity contribution is 5.76. The van der Waals surface area contributed by atoms with Gasteiger partial charge in [-0.25, -0.2) is 0 Å². The van der Waals surface area contributed by atoms with Crippen LogP contribution in [0.1, 0.15) is 31.7 Å². The number of aliphatic hydroxyl groups is 1.